The Bertz CT molecular complexity index is 897. The van der Waals surface area contributed by atoms with Crippen LogP contribution in [0, 0.1) is 0 Å². The van der Waals surface area contributed by atoms with Gasteiger partial charge in [0.15, 0.2) is 0 Å². The van der Waals surface area contributed by atoms with Crippen LogP contribution in [0.1, 0.15) is 53.1 Å². The number of nitrogens with zero attached hydrogens (tertiary/aromatic N) is 1. The highest BCUT2D eigenvalue weighted by Crippen LogP contribution is 2.32. The van der Waals surface area contributed by atoms with Crippen molar-refractivity contribution in [2.75, 3.05) is 13.1 Å². The molecule has 168 valence electrons. The van der Waals surface area contributed by atoms with Gasteiger partial charge in [-0.2, -0.15) is 13.2 Å². The molecule has 2 saturated heterocycles. The molecule has 0 saturated carbocycles. The predicted octanol–water partition coefficient (Wildman–Crippen LogP) is 1.55. The summed E-state index contributed by atoms with van der Waals surface area (Å²) in [6.45, 7) is 2.52. The Morgan fingerprint density at radius 1 is 1.10 bits per heavy atom. The number of carbonyl (C=O) groups excluding carboxylic acids is 3. The van der Waals surface area contributed by atoms with E-state index in [1.165, 1.54) is 5.56 Å². The van der Waals surface area contributed by atoms with Crippen LogP contribution >= 0.6 is 0 Å². The summed E-state index contributed by atoms with van der Waals surface area (Å²) in [4.78, 5) is 46.5. The molecule has 1 atom stereocenters. The number of benzene rings is 1. The van der Waals surface area contributed by atoms with Gasteiger partial charge >= 0.3 is 12.1 Å². The van der Waals surface area contributed by atoms with Crippen molar-refractivity contribution in [1.29, 1.82) is 0 Å². The van der Waals surface area contributed by atoms with E-state index in [4.69, 9.17) is 9.90 Å². The van der Waals surface area contributed by atoms with Gasteiger partial charge in [0.1, 0.15) is 6.04 Å². The summed E-state index contributed by atoms with van der Waals surface area (Å²) >= 11 is 0. The van der Waals surface area contributed by atoms with E-state index in [-0.39, 0.29) is 24.1 Å². The number of alkyl halides is 3. The summed E-state index contributed by atoms with van der Waals surface area (Å²) in [5.41, 5.74) is 2.98. The first-order chi connectivity index (χ1) is 14.6. The molecular weight excluding hydrogens is 419 g/mol. The van der Waals surface area contributed by atoms with Crippen molar-refractivity contribution in [2.45, 2.75) is 50.4 Å². The minimum Gasteiger partial charge on any atom is -0.475 e. The Balaban J connectivity index is 0.000000339. The van der Waals surface area contributed by atoms with Gasteiger partial charge in [0.2, 0.25) is 11.8 Å². The molecule has 1 unspecified atom stereocenters. The number of hydrogen-bond acceptors (Lipinski definition) is 5. The standard InChI is InChI=1S/C18H21N3O3.C2HF3O2/c22-16-4-3-15(17(23)20-16)21-10-13-9-12(1-2-14(13)18(21)24)11-5-7-19-8-6-11;3-2(4,5)1(6)7/h1-2,9,11,15,19H,3-8,10H2,(H,20,22,23);(H,6,7). The van der Waals surface area contributed by atoms with Crippen LogP contribution in [-0.4, -0.2) is 59.0 Å². The van der Waals surface area contributed by atoms with Crippen LogP contribution in [0.4, 0.5) is 13.2 Å². The number of aliphatic carboxylic acids is 1. The molecule has 3 amide bonds. The molecule has 0 bridgehead atoms. The van der Waals surface area contributed by atoms with E-state index in [0.29, 0.717) is 24.4 Å². The van der Waals surface area contributed by atoms with Crippen LogP contribution in [0.15, 0.2) is 18.2 Å². The highest BCUT2D eigenvalue weighted by atomic mass is 19.4. The number of hydrogen-bond donors (Lipinski definition) is 3. The average Bonchev–Trinajstić information content (AvgIpc) is 3.04. The topological polar surface area (TPSA) is 116 Å². The van der Waals surface area contributed by atoms with E-state index in [1.807, 2.05) is 6.07 Å². The van der Waals surface area contributed by atoms with E-state index in [9.17, 15) is 27.6 Å². The Labute approximate surface area is 175 Å². The molecule has 31 heavy (non-hydrogen) atoms. The number of carboxylic acids is 1. The first kappa shape index (κ1) is 22.7. The van der Waals surface area contributed by atoms with Gasteiger partial charge in [0.05, 0.1) is 0 Å². The third-order valence-corrected chi connectivity index (χ3v) is 5.60. The number of halogens is 3. The molecule has 8 nitrogen and oxygen atoms in total. The van der Waals surface area contributed by atoms with Gasteiger partial charge < -0.3 is 15.3 Å². The number of rotatable bonds is 2. The molecule has 0 aromatic heterocycles. The molecular formula is C20H22F3N3O5. The van der Waals surface area contributed by atoms with E-state index < -0.39 is 18.2 Å². The quantitative estimate of drug-likeness (QED) is 0.600. The largest absolute Gasteiger partial charge is 0.490 e. The molecule has 11 heteroatoms. The van der Waals surface area contributed by atoms with Gasteiger partial charge in [-0.25, -0.2) is 4.79 Å². The average molecular weight is 441 g/mol. The van der Waals surface area contributed by atoms with Crippen molar-refractivity contribution in [3.05, 3.63) is 34.9 Å². The second-order valence-corrected chi connectivity index (χ2v) is 7.64. The van der Waals surface area contributed by atoms with Gasteiger partial charge in [0, 0.05) is 18.5 Å². The Morgan fingerprint density at radius 2 is 1.74 bits per heavy atom. The lowest BCUT2D eigenvalue weighted by Gasteiger charge is -2.29. The minimum atomic E-state index is -5.08. The van der Waals surface area contributed by atoms with Crippen LogP contribution in [0.3, 0.4) is 0 Å². The number of fused-ring (bicyclic) bond motifs is 1. The van der Waals surface area contributed by atoms with E-state index in [1.54, 1.807) is 4.90 Å². The Hall–Kier alpha value is -2.95. The zero-order chi connectivity index (χ0) is 22.8. The molecule has 3 N–H and O–H groups in total. The number of imide groups is 1. The second kappa shape index (κ2) is 9.04. The smallest absolute Gasteiger partial charge is 0.475 e. The molecule has 0 spiro atoms. The lowest BCUT2D eigenvalue weighted by Crippen LogP contribution is -2.52. The molecule has 2 fully saturated rings. The van der Waals surface area contributed by atoms with Gasteiger partial charge in [0.25, 0.3) is 5.91 Å². The molecule has 3 aliphatic heterocycles. The molecule has 4 rings (SSSR count). The zero-order valence-electron chi connectivity index (χ0n) is 16.5. The van der Waals surface area contributed by atoms with Gasteiger partial charge in [-0.05, 0) is 55.5 Å². The molecule has 0 aliphatic carbocycles. The number of carbonyl (C=O) groups is 4. The minimum absolute atomic E-state index is 0.101. The number of carboxylic acid groups (broad SMARTS) is 1. The van der Waals surface area contributed by atoms with Gasteiger partial charge in [-0.3, -0.25) is 19.7 Å². The predicted molar refractivity (Wildman–Crippen MR) is 101 cm³/mol. The fraction of sp³-hybridized carbons (Fsp3) is 0.500. The van der Waals surface area contributed by atoms with Crippen molar-refractivity contribution < 1.29 is 37.5 Å². The number of nitrogens with one attached hydrogen (secondary N) is 2. The first-order valence-corrected chi connectivity index (χ1v) is 9.86. The van der Waals surface area contributed by atoms with Crippen LogP contribution in [0.25, 0.3) is 0 Å². The van der Waals surface area contributed by atoms with Crippen molar-refractivity contribution in [3.8, 4) is 0 Å². The van der Waals surface area contributed by atoms with Crippen LogP contribution in [0.5, 0.6) is 0 Å². The van der Waals surface area contributed by atoms with E-state index in [2.05, 4.69) is 22.8 Å². The fourth-order valence-electron chi connectivity index (χ4n) is 4.00. The third kappa shape index (κ3) is 5.22. The van der Waals surface area contributed by atoms with Crippen LogP contribution in [-0.2, 0) is 20.9 Å². The van der Waals surface area contributed by atoms with E-state index in [0.717, 1.165) is 31.5 Å². The highest BCUT2D eigenvalue weighted by molar-refractivity contribution is 6.05. The van der Waals surface area contributed by atoms with Gasteiger partial charge in [-0.15, -0.1) is 0 Å². The van der Waals surface area contributed by atoms with Crippen molar-refractivity contribution in [1.82, 2.24) is 15.5 Å². The molecule has 1 aromatic rings. The molecule has 3 aliphatic rings. The monoisotopic (exact) mass is 441 g/mol. The van der Waals surface area contributed by atoms with E-state index >= 15 is 0 Å². The van der Waals surface area contributed by atoms with Gasteiger partial charge in [-0.1, -0.05) is 12.1 Å². The summed E-state index contributed by atoms with van der Waals surface area (Å²) in [5.74, 6) is -2.93. The Kier molecular flexibility index (Phi) is 6.63. The maximum atomic E-state index is 12.7. The van der Waals surface area contributed by atoms with Crippen molar-refractivity contribution in [2.24, 2.45) is 0 Å². The van der Waals surface area contributed by atoms with Crippen LogP contribution < -0.4 is 10.6 Å². The first-order valence-electron chi connectivity index (χ1n) is 9.86. The van der Waals surface area contributed by atoms with Crippen molar-refractivity contribution >= 4 is 23.7 Å². The summed E-state index contributed by atoms with van der Waals surface area (Å²) in [5, 5.41) is 12.8. The molecule has 3 heterocycles. The lowest BCUT2D eigenvalue weighted by molar-refractivity contribution is -0.192. The molecule has 1 aromatic carbocycles. The lowest BCUT2D eigenvalue weighted by atomic mass is 9.88. The maximum Gasteiger partial charge on any atom is 0.490 e. The molecule has 0 radical (unpaired) electrons. The summed E-state index contributed by atoms with van der Waals surface area (Å²) < 4.78 is 31.7. The highest BCUT2D eigenvalue weighted by Gasteiger charge is 2.39. The SMILES string of the molecule is O=C(O)C(F)(F)F.O=C1CCC(N2Cc3cc(C4CCNCC4)ccc3C2=O)C(=O)N1. The zero-order valence-corrected chi connectivity index (χ0v) is 16.5. The number of amides is 3. The summed E-state index contributed by atoms with van der Waals surface area (Å²) in [7, 11) is 0. The Morgan fingerprint density at radius 3 is 2.32 bits per heavy atom. The maximum absolute atomic E-state index is 12.7. The summed E-state index contributed by atoms with van der Waals surface area (Å²) in [6.07, 6.45) is -2.16. The van der Waals surface area contributed by atoms with Crippen LogP contribution in [0.2, 0.25) is 0 Å². The third-order valence-electron chi connectivity index (χ3n) is 5.60. The normalized spacial score (nSPS) is 21.8. The number of piperidine rings is 2. The second-order valence-electron chi connectivity index (χ2n) is 7.64. The fourth-order valence-corrected chi connectivity index (χ4v) is 4.00. The van der Waals surface area contributed by atoms with Crippen molar-refractivity contribution in [3.63, 3.8) is 0 Å². The summed E-state index contributed by atoms with van der Waals surface area (Å²) in [6, 6.07) is 5.56.